The third-order valence-corrected chi connectivity index (χ3v) is 8.09. The van der Waals surface area contributed by atoms with Gasteiger partial charge in [-0.2, -0.15) is 0 Å². The van der Waals surface area contributed by atoms with Crippen LogP contribution in [0.15, 0.2) is 35.7 Å². The van der Waals surface area contributed by atoms with Crippen molar-refractivity contribution < 1.29 is 14.6 Å². The molecule has 0 aliphatic carbocycles. The minimum atomic E-state index is -0.635. The third-order valence-electron chi connectivity index (χ3n) is 7.21. The Hall–Kier alpha value is -2.22. The maximum atomic E-state index is 13.2. The first kappa shape index (κ1) is 24.9. The Morgan fingerprint density at radius 1 is 1.24 bits per heavy atom. The highest BCUT2D eigenvalue weighted by atomic mass is 32.1. The van der Waals surface area contributed by atoms with Crippen LogP contribution in [0.5, 0.6) is 0 Å². The van der Waals surface area contributed by atoms with Crippen LogP contribution < -0.4 is 5.32 Å². The SMILES string of the molecule is CCC(CC)n1c(Cc2cccs2)nc2cc(C(=O)N[C@H](CCC3OC3O)[C@@H](C)CC)ccc21. The molecular weight excluding hydrogens is 446 g/mol. The molecular formula is C27H37N3O3S. The van der Waals surface area contributed by atoms with Crippen molar-refractivity contribution in [3.05, 3.63) is 52.0 Å². The first-order valence-electron chi connectivity index (χ1n) is 12.6. The van der Waals surface area contributed by atoms with E-state index in [4.69, 9.17) is 9.72 Å². The fourth-order valence-electron chi connectivity index (χ4n) is 4.77. The summed E-state index contributed by atoms with van der Waals surface area (Å²) >= 11 is 1.75. The molecule has 3 aromatic rings. The molecule has 6 nitrogen and oxygen atoms in total. The van der Waals surface area contributed by atoms with Crippen molar-refractivity contribution in [1.29, 1.82) is 0 Å². The van der Waals surface area contributed by atoms with Gasteiger partial charge in [0.15, 0.2) is 6.29 Å². The van der Waals surface area contributed by atoms with E-state index in [1.54, 1.807) is 11.3 Å². The lowest BCUT2D eigenvalue weighted by Gasteiger charge is -2.24. The Morgan fingerprint density at radius 2 is 2.00 bits per heavy atom. The van der Waals surface area contributed by atoms with Crippen molar-refractivity contribution in [2.45, 2.75) is 90.7 Å². The van der Waals surface area contributed by atoms with Gasteiger partial charge >= 0.3 is 0 Å². The molecule has 4 rings (SSSR count). The number of carbonyl (C=O) groups excluding carboxylic acids is 1. The number of thiophene rings is 1. The standard InChI is InChI=1S/C27H37N3O3S/c1-5-17(4)21(11-13-24-27(32)33-24)29-26(31)18-10-12-23-22(15-18)28-25(16-20-9-8-14-34-20)30(23)19(6-2)7-3/h8-10,12,14-15,17,19,21,24,27,32H,5-7,11,13,16H2,1-4H3,(H,29,31)/t17-,21+,24?,27?/m0/s1. The number of rotatable bonds is 12. The Bertz CT molecular complexity index is 1090. The summed E-state index contributed by atoms with van der Waals surface area (Å²) in [4.78, 5) is 19.5. The maximum absolute atomic E-state index is 13.2. The molecule has 1 saturated heterocycles. The molecule has 4 atom stereocenters. The van der Waals surface area contributed by atoms with E-state index in [2.05, 4.69) is 61.2 Å². The molecule has 0 saturated carbocycles. The zero-order chi connectivity index (χ0) is 24.2. The number of imidazole rings is 1. The van der Waals surface area contributed by atoms with Gasteiger partial charge in [-0.25, -0.2) is 4.98 Å². The van der Waals surface area contributed by atoms with Crippen molar-refractivity contribution in [3.63, 3.8) is 0 Å². The molecule has 184 valence electrons. The molecule has 1 fully saturated rings. The van der Waals surface area contributed by atoms with Crippen LogP contribution in [0.4, 0.5) is 0 Å². The summed E-state index contributed by atoms with van der Waals surface area (Å²) in [6.45, 7) is 8.74. The number of hydrogen-bond acceptors (Lipinski definition) is 5. The summed E-state index contributed by atoms with van der Waals surface area (Å²) in [5, 5.41) is 14.8. The van der Waals surface area contributed by atoms with E-state index in [9.17, 15) is 9.90 Å². The van der Waals surface area contributed by atoms with Crippen LogP contribution in [-0.4, -0.2) is 39.0 Å². The predicted octanol–water partition coefficient (Wildman–Crippen LogP) is 5.69. The van der Waals surface area contributed by atoms with E-state index < -0.39 is 6.29 Å². The second-order valence-electron chi connectivity index (χ2n) is 9.44. The molecule has 2 aromatic heterocycles. The molecule has 1 aliphatic heterocycles. The van der Waals surface area contributed by atoms with Crippen LogP contribution in [0.1, 0.15) is 86.9 Å². The minimum absolute atomic E-state index is 0.0427. The normalized spacial score (nSPS) is 19.5. The number of carbonyl (C=O) groups is 1. The van der Waals surface area contributed by atoms with Gasteiger partial charge in [0.1, 0.15) is 11.9 Å². The van der Waals surface area contributed by atoms with E-state index >= 15 is 0 Å². The number of aromatic nitrogens is 2. The van der Waals surface area contributed by atoms with Crippen LogP contribution in [0.3, 0.4) is 0 Å². The first-order chi connectivity index (χ1) is 16.4. The molecule has 2 unspecified atom stereocenters. The Labute approximate surface area is 206 Å². The van der Waals surface area contributed by atoms with Gasteiger partial charge in [0.05, 0.1) is 11.0 Å². The first-order valence-corrected chi connectivity index (χ1v) is 13.5. The predicted molar refractivity (Wildman–Crippen MR) is 137 cm³/mol. The fraction of sp³-hybridized carbons (Fsp3) is 0.556. The second-order valence-corrected chi connectivity index (χ2v) is 10.5. The number of hydrogen-bond donors (Lipinski definition) is 2. The molecule has 0 radical (unpaired) electrons. The van der Waals surface area contributed by atoms with Gasteiger partial charge in [-0.05, 0) is 61.2 Å². The Kier molecular flexibility index (Phi) is 8.06. The van der Waals surface area contributed by atoms with Crippen LogP contribution >= 0.6 is 11.3 Å². The van der Waals surface area contributed by atoms with Crippen molar-refractivity contribution in [3.8, 4) is 0 Å². The number of ether oxygens (including phenoxy) is 1. The lowest BCUT2D eigenvalue weighted by molar-refractivity contribution is 0.0918. The van der Waals surface area contributed by atoms with Gasteiger partial charge in [-0.1, -0.05) is 40.2 Å². The average Bonchev–Trinajstić information content (AvgIpc) is 3.19. The maximum Gasteiger partial charge on any atom is 0.251 e. The van der Waals surface area contributed by atoms with Gasteiger partial charge in [0.25, 0.3) is 5.91 Å². The zero-order valence-electron chi connectivity index (χ0n) is 20.7. The Balaban J connectivity index is 1.58. The van der Waals surface area contributed by atoms with Gasteiger partial charge < -0.3 is 19.7 Å². The smallest absolute Gasteiger partial charge is 0.251 e. The van der Waals surface area contributed by atoms with Gasteiger partial charge in [-0.15, -0.1) is 11.3 Å². The highest BCUT2D eigenvalue weighted by molar-refractivity contribution is 7.09. The molecule has 34 heavy (non-hydrogen) atoms. The van der Waals surface area contributed by atoms with Crippen molar-refractivity contribution in [2.24, 2.45) is 5.92 Å². The monoisotopic (exact) mass is 483 g/mol. The summed E-state index contributed by atoms with van der Waals surface area (Å²) < 4.78 is 7.51. The minimum Gasteiger partial charge on any atom is -0.366 e. The van der Waals surface area contributed by atoms with Crippen LogP contribution in [0.25, 0.3) is 11.0 Å². The number of aliphatic hydroxyl groups is 1. The van der Waals surface area contributed by atoms with Crippen molar-refractivity contribution in [2.75, 3.05) is 0 Å². The second kappa shape index (κ2) is 11.0. The molecule has 1 aromatic carbocycles. The molecule has 1 aliphatic rings. The largest absolute Gasteiger partial charge is 0.366 e. The average molecular weight is 484 g/mol. The molecule has 3 heterocycles. The van der Waals surface area contributed by atoms with Gasteiger partial charge in [-0.3, -0.25) is 4.79 Å². The molecule has 1 amide bonds. The number of amides is 1. The number of nitrogens with one attached hydrogen (secondary N) is 1. The van der Waals surface area contributed by atoms with Gasteiger partial charge in [0, 0.05) is 28.9 Å². The molecule has 0 spiro atoms. The summed E-state index contributed by atoms with van der Waals surface area (Å²) in [7, 11) is 0. The van der Waals surface area contributed by atoms with Crippen LogP contribution in [-0.2, 0) is 11.2 Å². The van der Waals surface area contributed by atoms with E-state index in [1.165, 1.54) is 4.88 Å². The molecule has 0 bridgehead atoms. The fourth-order valence-corrected chi connectivity index (χ4v) is 5.47. The van der Waals surface area contributed by atoms with Crippen molar-refractivity contribution >= 4 is 28.3 Å². The van der Waals surface area contributed by atoms with E-state index in [0.717, 1.165) is 55.4 Å². The highest BCUT2D eigenvalue weighted by Crippen LogP contribution is 2.29. The number of fused-ring (bicyclic) bond motifs is 1. The van der Waals surface area contributed by atoms with E-state index in [-0.39, 0.29) is 18.1 Å². The van der Waals surface area contributed by atoms with Crippen molar-refractivity contribution in [1.82, 2.24) is 14.9 Å². The van der Waals surface area contributed by atoms with Crippen LogP contribution in [0.2, 0.25) is 0 Å². The quantitative estimate of drug-likeness (QED) is 0.324. The number of nitrogens with zero attached hydrogens (tertiary/aromatic N) is 2. The lowest BCUT2D eigenvalue weighted by Crippen LogP contribution is -2.39. The third kappa shape index (κ3) is 5.53. The van der Waals surface area contributed by atoms with E-state index in [1.807, 2.05) is 12.1 Å². The lowest BCUT2D eigenvalue weighted by atomic mass is 9.94. The summed E-state index contributed by atoms with van der Waals surface area (Å²) in [5.41, 5.74) is 2.61. The number of aliphatic hydroxyl groups excluding tert-OH is 1. The molecule has 7 heteroatoms. The zero-order valence-corrected chi connectivity index (χ0v) is 21.5. The summed E-state index contributed by atoms with van der Waals surface area (Å²) in [6.07, 6.45) is 4.68. The van der Waals surface area contributed by atoms with Gasteiger partial charge in [0.2, 0.25) is 0 Å². The van der Waals surface area contributed by atoms with E-state index in [0.29, 0.717) is 17.5 Å². The van der Waals surface area contributed by atoms with Crippen LogP contribution in [0, 0.1) is 5.92 Å². The topological polar surface area (TPSA) is 79.7 Å². The summed E-state index contributed by atoms with van der Waals surface area (Å²) in [5.74, 6) is 1.33. The number of epoxide rings is 1. The Morgan fingerprint density at radius 3 is 2.62 bits per heavy atom. The molecule has 2 N–H and O–H groups in total. The number of benzene rings is 1. The highest BCUT2D eigenvalue weighted by Gasteiger charge is 2.37. The summed E-state index contributed by atoms with van der Waals surface area (Å²) in [6, 6.07) is 10.6.